The van der Waals surface area contributed by atoms with Crippen molar-refractivity contribution in [3.63, 3.8) is 0 Å². The molecule has 144 valence electrons. The van der Waals surface area contributed by atoms with E-state index in [0.717, 1.165) is 16.5 Å². The highest BCUT2D eigenvalue weighted by Crippen LogP contribution is 2.24. The lowest BCUT2D eigenvalue weighted by Crippen LogP contribution is -2.33. The molecule has 0 spiro atoms. The van der Waals surface area contributed by atoms with Gasteiger partial charge in [-0.25, -0.2) is 0 Å². The zero-order valence-electron chi connectivity index (χ0n) is 14.9. The van der Waals surface area contributed by atoms with Gasteiger partial charge in [-0.3, -0.25) is 15.4 Å². The summed E-state index contributed by atoms with van der Waals surface area (Å²) < 4.78 is 6.72. The molecule has 2 N–H and O–H groups in total. The van der Waals surface area contributed by atoms with Crippen LogP contribution in [0.4, 0.5) is 5.95 Å². The number of nitrogens with one attached hydrogen (secondary N) is 2. The molecule has 0 aliphatic carbocycles. The lowest BCUT2D eigenvalue weighted by atomic mass is 10.2. The number of rotatable bonds is 6. The summed E-state index contributed by atoms with van der Waals surface area (Å²) in [7, 11) is 0. The number of amides is 1. The third-order valence-corrected chi connectivity index (χ3v) is 4.23. The number of nitrogens with zero attached hydrogens (tertiary/aromatic N) is 4. The van der Waals surface area contributed by atoms with Crippen LogP contribution >= 0.6 is 28.1 Å². The van der Waals surface area contributed by atoms with Crippen LogP contribution < -0.4 is 10.6 Å². The first-order valence-corrected chi connectivity index (χ1v) is 9.67. The van der Waals surface area contributed by atoms with E-state index in [-0.39, 0.29) is 11.1 Å². The van der Waals surface area contributed by atoms with Gasteiger partial charge in [0.15, 0.2) is 5.11 Å². The maximum Gasteiger partial charge on any atom is 0.269 e. The van der Waals surface area contributed by atoms with E-state index in [9.17, 15) is 4.79 Å². The first-order valence-electron chi connectivity index (χ1n) is 8.47. The summed E-state index contributed by atoms with van der Waals surface area (Å²) in [5.74, 6) is 1.09. The Morgan fingerprint density at radius 2 is 2.07 bits per heavy atom. The van der Waals surface area contributed by atoms with Crippen LogP contribution in [0.25, 0.3) is 17.4 Å². The Labute approximate surface area is 175 Å². The maximum absolute atomic E-state index is 12.0. The zero-order valence-corrected chi connectivity index (χ0v) is 17.3. The highest BCUT2D eigenvalue weighted by Gasteiger charge is 2.07. The lowest BCUT2D eigenvalue weighted by Gasteiger charge is -2.03. The smallest absolute Gasteiger partial charge is 0.269 e. The highest BCUT2D eigenvalue weighted by molar-refractivity contribution is 9.10. The molecule has 2 heterocycles. The van der Waals surface area contributed by atoms with E-state index in [0.29, 0.717) is 18.1 Å². The Balaban J connectivity index is 1.53. The van der Waals surface area contributed by atoms with Gasteiger partial charge >= 0.3 is 0 Å². The van der Waals surface area contributed by atoms with Crippen molar-refractivity contribution in [2.75, 3.05) is 5.32 Å². The lowest BCUT2D eigenvalue weighted by molar-refractivity contribution is -0.115. The SMILES string of the molecule is CCCn1nnc(NC(=S)NC(=O)/C=C/c2ccc(-c3ccc(Br)cc3)o2)n1. The number of thiocarbonyl (C=S) groups is 1. The molecule has 0 unspecified atom stereocenters. The van der Waals surface area contributed by atoms with E-state index in [1.165, 1.54) is 10.9 Å². The van der Waals surface area contributed by atoms with Gasteiger partial charge < -0.3 is 4.42 Å². The number of hydrogen-bond acceptors (Lipinski definition) is 6. The zero-order chi connectivity index (χ0) is 19.9. The Bertz CT molecular complexity index is 996. The molecule has 0 atom stereocenters. The Kier molecular flexibility index (Phi) is 6.66. The molecular weight excluding hydrogens is 444 g/mol. The van der Waals surface area contributed by atoms with Crippen LogP contribution in [0, 0.1) is 0 Å². The number of hydrogen-bond donors (Lipinski definition) is 2. The fourth-order valence-electron chi connectivity index (χ4n) is 2.24. The van der Waals surface area contributed by atoms with Gasteiger partial charge in [-0.2, -0.15) is 4.80 Å². The summed E-state index contributed by atoms with van der Waals surface area (Å²) in [5.41, 5.74) is 0.946. The molecular formula is C18H17BrN6O2S. The van der Waals surface area contributed by atoms with E-state index in [2.05, 4.69) is 42.0 Å². The van der Waals surface area contributed by atoms with Gasteiger partial charge in [0.1, 0.15) is 11.5 Å². The van der Waals surface area contributed by atoms with Gasteiger partial charge in [-0.15, -0.1) is 5.10 Å². The molecule has 0 saturated carbocycles. The van der Waals surface area contributed by atoms with Crippen LogP contribution in [0.5, 0.6) is 0 Å². The molecule has 3 aromatic rings. The predicted molar refractivity (Wildman–Crippen MR) is 113 cm³/mol. The molecule has 8 nitrogen and oxygen atoms in total. The number of aryl methyl sites for hydroxylation is 1. The number of carbonyl (C=O) groups excluding carboxylic acids is 1. The Morgan fingerprint density at radius 1 is 1.29 bits per heavy atom. The van der Waals surface area contributed by atoms with E-state index in [1.807, 2.05) is 37.3 Å². The van der Waals surface area contributed by atoms with Crippen molar-refractivity contribution >= 4 is 51.2 Å². The van der Waals surface area contributed by atoms with E-state index in [4.69, 9.17) is 16.6 Å². The number of anilines is 1. The molecule has 0 aliphatic heterocycles. The minimum absolute atomic E-state index is 0.0840. The first-order chi connectivity index (χ1) is 13.5. The number of benzene rings is 1. The molecule has 10 heteroatoms. The van der Waals surface area contributed by atoms with Crippen LogP contribution in [-0.2, 0) is 11.3 Å². The third kappa shape index (κ3) is 5.57. The van der Waals surface area contributed by atoms with Gasteiger partial charge in [-0.1, -0.05) is 40.1 Å². The van der Waals surface area contributed by atoms with Gasteiger partial charge in [0.05, 0.1) is 6.54 Å². The number of tetrazole rings is 1. The molecule has 3 rings (SSSR count). The first kappa shape index (κ1) is 19.9. The minimum Gasteiger partial charge on any atom is -0.457 e. The molecule has 0 radical (unpaired) electrons. The van der Waals surface area contributed by atoms with Crippen LogP contribution in [0.15, 0.2) is 51.4 Å². The van der Waals surface area contributed by atoms with Crippen LogP contribution in [0.1, 0.15) is 19.1 Å². The van der Waals surface area contributed by atoms with Crippen LogP contribution in [-0.4, -0.2) is 31.2 Å². The predicted octanol–water partition coefficient (Wildman–Crippen LogP) is 3.63. The van der Waals surface area contributed by atoms with E-state index < -0.39 is 5.91 Å². The molecule has 2 aromatic heterocycles. The minimum atomic E-state index is -0.403. The Morgan fingerprint density at radius 3 is 2.82 bits per heavy atom. The van der Waals surface area contributed by atoms with Gasteiger partial charge in [0, 0.05) is 16.1 Å². The highest BCUT2D eigenvalue weighted by atomic mass is 79.9. The van der Waals surface area contributed by atoms with Crippen molar-refractivity contribution in [2.45, 2.75) is 19.9 Å². The van der Waals surface area contributed by atoms with Crippen molar-refractivity contribution in [2.24, 2.45) is 0 Å². The number of aromatic nitrogens is 4. The van der Waals surface area contributed by atoms with Crippen molar-refractivity contribution in [3.8, 4) is 11.3 Å². The molecule has 0 fully saturated rings. The fraction of sp³-hybridized carbons (Fsp3) is 0.167. The molecule has 1 amide bonds. The summed E-state index contributed by atoms with van der Waals surface area (Å²) >= 11 is 8.47. The van der Waals surface area contributed by atoms with Crippen molar-refractivity contribution in [1.82, 2.24) is 25.5 Å². The van der Waals surface area contributed by atoms with Crippen LogP contribution in [0.3, 0.4) is 0 Å². The average molecular weight is 461 g/mol. The average Bonchev–Trinajstić information content (AvgIpc) is 3.30. The second kappa shape index (κ2) is 9.38. The molecule has 0 aliphatic rings. The molecule has 28 heavy (non-hydrogen) atoms. The molecule has 0 bridgehead atoms. The number of furan rings is 1. The summed E-state index contributed by atoms with van der Waals surface area (Å²) in [6, 6.07) is 11.4. The van der Waals surface area contributed by atoms with E-state index >= 15 is 0 Å². The number of carbonyl (C=O) groups is 1. The quantitative estimate of drug-likeness (QED) is 0.427. The molecule has 1 aromatic carbocycles. The third-order valence-electron chi connectivity index (χ3n) is 3.49. The summed E-state index contributed by atoms with van der Waals surface area (Å²) in [6.45, 7) is 2.66. The van der Waals surface area contributed by atoms with Gasteiger partial charge in [0.2, 0.25) is 5.91 Å². The summed E-state index contributed by atoms with van der Waals surface area (Å²) in [4.78, 5) is 13.5. The largest absolute Gasteiger partial charge is 0.457 e. The maximum atomic E-state index is 12.0. The number of halogens is 1. The van der Waals surface area contributed by atoms with Crippen molar-refractivity contribution < 1.29 is 9.21 Å². The Hall–Kier alpha value is -2.85. The summed E-state index contributed by atoms with van der Waals surface area (Å²) in [5, 5.41) is 17.1. The van der Waals surface area contributed by atoms with Gasteiger partial charge in [-0.05, 0) is 54.2 Å². The van der Waals surface area contributed by atoms with E-state index in [1.54, 1.807) is 12.1 Å². The topological polar surface area (TPSA) is 97.9 Å². The second-order valence-corrected chi connectivity index (χ2v) is 7.02. The van der Waals surface area contributed by atoms with Crippen LogP contribution in [0.2, 0.25) is 0 Å². The summed E-state index contributed by atoms with van der Waals surface area (Å²) in [6.07, 6.45) is 3.79. The second-order valence-electron chi connectivity index (χ2n) is 5.69. The monoisotopic (exact) mass is 460 g/mol. The normalized spacial score (nSPS) is 10.9. The standard InChI is InChI=1S/C18H17BrN6O2S/c1-2-11-25-23-17(22-24-25)21-18(28)20-16(26)10-8-14-7-9-15(27-14)12-3-5-13(19)6-4-12/h3-10H,2,11H2,1H3,(H2,20,21,23,26,28)/b10-8+. The fourth-order valence-corrected chi connectivity index (χ4v) is 2.70. The van der Waals surface area contributed by atoms with Crippen molar-refractivity contribution in [1.29, 1.82) is 0 Å². The van der Waals surface area contributed by atoms with Crippen molar-refractivity contribution in [3.05, 3.63) is 52.7 Å². The van der Waals surface area contributed by atoms with Gasteiger partial charge in [0.25, 0.3) is 5.95 Å². The molecule has 0 saturated heterocycles.